The van der Waals surface area contributed by atoms with Crippen LogP contribution in [0.25, 0.3) is 21.3 Å². The summed E-state index contributed by atoms with van der Waals surface area (Å²) in [5, 5.41) is 3.93. The number of ether oxygens (including phenoxy) is 1. The molecule has 0 spiro atoms. The molecule has 4 rings (SSSR count). The van der Waals surface area contributed by atoms with Gasteiger partial charge in [-0.15, -0.1) is 0 Å². The molecule has 0 unspecified atom stereocenters. The number of benzene rings is 1. The van der Waals surface area contributed by atoms with Gasteiger partial charge in [0.1, 0.15) is 11.3 Å². The summed E-state index contributed by atoms with van der Waals surface area (Å²) in [6.45, 7) is 8.41. The number of H-pyrrole nitrogens is 1. The van der Waals surface area contributed by atoms with Crippen LogP contribution in [-0.4, -0.2) is 37.8 Å². The van der Waals surface area contributed by atoms with Crippen LogP contribution in [0.4, 0.5) is 5.13 Å². The van der Waals surface area contributed by atoms with Crippen molar-refractivity contribution in [1.29, 1.82) is 0 Å². The van der Waals surface area contributed by atoms with Gasteiger partial charge in [0.2, 0.25) is 5.91 Å². The average Bonchev–Trinajstić information content (AvgIpc) is 3.33. The Morgan fingerprint density at radius 2 is 2.09 bits per heavy atom. The van der Waals surface area contributed by atoms with Crippen molar-refractivity contribution < 1.29 is 9.53 Å². The molecule has 4 aromatic rings. The number of hydrogen-bond donors (Lipinski definition) is 2. The second-order valence-electron chi connectivity index (χ2n) is 7.46. The summed E-state index contributed by atoms with van der Waals surface area (Å²) in [4.78, 5) is 37.9. The first-order valence-electron chi connectivity index (χ1n) is 10.5. The average molecular weight is 472 g/mol. The molecule has 0 radical (unpaired) electrons. The van der Waals surface area contributed by atoms with E-state index in [9.17, 15) is 9.59 Å². The van der Waals surface area contributed by atoms with Crippen LogP contribution in [0.3, 0.4) is 0 Å². The lowest BCUT2D eigenvalue weighted by molar-refractivity contribution is -0.113. The van der Waals surface area contributed by atoms with E-state index in [2.05, 4.69) is 20.3 Å². The number of hydrogen-bond acceptors (Lipinski definition) is 7. The topological polar surface area (TPSA) is 102 Å². The molecule has 1 aromatic carbocycles. The van der Waals surface area contributed by atoms with E-state index < -0.39 is 0 Å². The van der Waals surface area contributed by atoms with Crippen molar-refractivity contribution in [3.63, 3.8) is 0 Å². The van der Waals surface area contributed by atoms with Gasteiger partial charge in [-0.25, -0.2) is 9.97 Å². The van der Waals surface area contributed by atoms with Crippen LogP contribution in [0.5, 0.6) is 5.75 Å². The Bertz CT molecular complexity index is 1340. The number of rotatable bonds is 8. The number of aromatic amines is 1. The molecule has 0 saturated carbocycles. The highest BCUT2D eigenvalue weighted by Crippen LogP contribution is 2.29. The first-order chi connectivity index (χ1) is 15.4. The number of carbonyl (C=O) groups excluding carboxylic acids is 1. The van der Waals surface area contributed by atoms with Gasteiger partial charge in [0.05, 0.1) is 28.1 Å². The Labute approximate surface area is 193 Å². The van der Waals surface area contributed by atoms with Gasteiger partial charge < -0.3 is 15.0 Å². The molecule has 0 aliphatic heterocycles. The van der Waals surface area contributed by atoms with Gasteiger partial charge in [0.15, 0.2) is 10.3 Å². The zero-order chi connectivity index (χ0) is 22.8. The maximum atomic E-state index is 13.0. The number of carbonyl (C=O) groups is 1. The standard InChI is InChI=1S/C22H25N5O3S2/c1-5-13(4)27-20(29)19-16(9-12(3)23-19)25-22(27)31-11-18(28)26-21-24-15-10-14(30-6-2)7-8-17(15)32-21/h7-10,13,23H,5-6,11H2,1-4H3,(H,24,26,28)/t13-/m0/s1. The molecule has 1 atom stereocenters. The summed E-state index contributed by atoms with van der Waals surface area (Å²) >= 11 is 2.67. The van der Waals surface area contributed by atoms with E-state index in [1.165, 1.54) is 23.1 Å². The van der Waals surface area contributed by atoms with E-state index in [1.54, 1.807) is 4.57 Å². The lowest BCUT2D eigenvalue weighted by Gasteiger charge is -2.17. The third-order valence-corrected chi connectivity index (χ3v) is 6.97. The summed E-state index contributed by atoms with van der Waals surface area (Å²) in [7, 11) is 0. The molecule has 0 bridgehead atoms. The summed E-state index contributed by atoms with van der Waals surface area (Å²) in [6, 6.07) is 7.51. The molecule has 168 valence electrons. The fraction of sp³-hybridized carbons (Fsp3) is 0.364. The summed E-state index contributed by atoms with van der Waals surface area (Å²) in [5.74, 6) is 0.676. The number of amides is 1. The minimum absolute atomic E-state index is 0.0302. The smallest absolute Gasteiger partial charge is 0.278 e. The summed E-state index contributed by atoms with van der Waals surface area (Å²) < 4.78 is 8.15. The molecule has 0 aliphatic carbocycles. The highest BCUT2D eigenvalue weighted by atomic mass is 32.2. The van der Waals surface area contributed by atoms with E-state index in [-0.39, 0.29) is 23.3 Å². The summed E-state index contributed by atoms with van der Waals surface area (Å²) in [6.07, 6.45) is 0.780. The Hall–Kier alpha value is -2.85. The number of thiazole rings is 1. The molecule has 0 saturated heterocycles. The SMILES string of the molecule is CCOc1ccc2sc(NC(=O)CSc3nc4cc(C)[nH]c4c(=O)n3[C@@H](C)CC)nc2c1. The highest BCUT2D eigenvalue weighted by molar-refractivity contribution is 7.99. The van der Waals surface area contributed by atoms with Crippen molar-refractivity contribution in [3.8, 4) is 5.75 Å². The minimum Gasteiger partial charge on any atom is -0.494 e. The van der Waals surface area contributed by atoms with Gasteiger partial charge in [0.25, 0.3) is 5.56 Å². The summed E-state index contributed by atoms with van der Waals surface area (Å²) in [5.41, 5.74) is 2.66. The molecule has 3 aromatic heterocycles. The second-order valence-corrected chi connectivity index (χ2v) is 9.43. The molecule has 0 fully saturated rings. The number of fused-ring (bicyclic) bond motifs is 2. The molecule has 32 heavy (non-hydrogen) atoms. The highest BCUT2D eigenvalue weighted by Gasteiger charge is 2.18. The van der Waals surface area contributed by atoms with Gasteiger partial charge in [0, 0.05) is 17.8 Å². The number of anilines is 1. The first-order valence-corrected chi connectivity index (χ1v) is 12.3. The Morgan fingerprint density at radius 3 is 2.84 bits per heavy atom. The molecule has 10 heteroatoms. The number of thioether (sulfide) groups is 1. The quantitative estimate of drug-likeness (QED) is 0.284. The molecule has 0 aliphatic rings. The normalized spacial score (nSPS) is 12.4. The Morgan fingerprint density at radius 1 is 1.28 bits per heavy atom. The van der Waals surface area contributed by atoms with Crippen molar-refractivity contribution in [2.75, 3.05) is 17.7 Å². The molecule has 3 heterocycles. The second kappa shape index (κ2) is 9.33. The molecule has 2 N–H and O–H groups in total. The van der Waals surface area contributed by atoms with Crippen molar-refractivity contribution in [2.24, 2.45) is 0 Å². The van der Waals surface area contributed by atoms with E-state index >= 15 is 0 Å². The maximum absolute atomic E-state index is 13.0. The third kappa shape index (κ3) is 4.51. The van der Waals surface area contributed by atoms with Gasteiger partial charge in [-0.3, -0.25) is 14.2 Å². The van der Waals surface area contributed by atoms with Crippen LogP contribution in [0.1, 0.15) is 38.9 Å². The molecule has 8 nitrogen and oxygen atoms in total. The Balaban J connectivity index is 1.52. The van der Waals surface area contributed by atoms with Crippen LogP contribution in [0, 0.1) is 6.92 Å². The van der Waals surface area contributed by atoms with Crippen LogP contribution >= 0.6 is 23.1 Å². The number of aromatic nitrogens is 4. The lowest BCUT2D eigenvalue weighted by atomic mass is 10.2. The van der Waals surface area contributed by atoms with Gasteiger partial charge in [-0.1, -0.05) is 30.0 Å². The predicted molar refractivity (Wildman–Crippen MR) is 130 cm³/mol. The maximum Gasteiger partial charge on any atom is 0.278 e. The lowest BCUT2D eigenvalue weighted by Crippen LogP contribution is -2.26. The fourth-order valence-electron chi connectivity index (χ4n) is 3.37. The monoisotopic (exact) mass is 471 g/mol. The zero-order valence-corrected chi connectivity index (χ0v) is 20.0. The van der Waals surface area contributed by atoms with Crippen molar-refractivity contribution in [3.05, 3.63) is 40.3 Å². The van der Waals surface area contributed by atoms with E-state index in [0.29, 0.717) is 27.9 Å². The van der Waals surface area contributed by atoms with Crippen molar-refractivity contribution in [1.82, 2.24) is 19.5 Å². The van der Waals surface area contributed by atoms with E-state index in [4.69, 9.17) is 4.74 Å². The number of nitrogens with zero attached hydrogens (tertiary/aromatic N) is 3. The predicted octanol–water partition coefficient (Wildman–Crippen LogP) is 4.74. The van der Waals surface area contributed by atoms with Gasteiger partial charge >= 0.3 is 0 Å². The Kier molecular flexibility index (Phi) is 6.52. The van der Waals surface area contributed by atoms with E-state index in [0.717, 1.165) is 28.1 Å². The largest absolute Gasteiger partial charge is 0.494 e. The van der Waals surface area contributed by atoms with E-state index in [1.807, 2.05) is 52.0 Å². The third-order valence-electron chi connectivity index (χ3n) is 5.07. The van der Waals surface area contributed by atoms with Crippen molar-refractivity contribution >= 4 is 55.4 Å². The molecule has 1 amide bonds. The van der Waals surface area contributed by atoms with Gasteiger partial charge in [-0.05, 0) is 45.4 Å². The zero-order valence-electron chi connectivity index (χ0n) is 18.4. The molecular weight excluding hydrogens is 446 g/mol. The van der Waals surface area contributed by atoms with Gasteiger partial charge in [-0.2, -0.15) is 0 Å². The minimum atomic E-state index is -0.200. The first kappa shape index (κ1) is 22.3. The number of nitrogens with one attached hydrogen (secondary N) is 2. The number of aryl methyl sites for hydroxylation is 1. The van der Waals surface area contributed by atoms with Crippen LogP contribution < -0.4 is 15.6 Å². The van der Waals surface area contributed by atoms with Crippen molar-refractivity contribution in [2.45, 2.75) is 45.3 Å². The van der Waals surface area contributed by atoms with Crippen LogP contribution in [-0.2, 0) is 4.79 Å². The van der Waals surface area contributed by atoms with Crippen LogP contribution in [0.15, 0.2) is 34.2 Å². The fourth-order valence-corrected chi connectivity index (χ4v) is 5.13. The van der Waals surface area contributed by atoms with Crippen LogP contribution in [0.2, 0.25) is 0 Å². The molecular formula is C22H25N5O3S2.